The second-order valence-corrected chi connectivity index (χ2v) is 10.6. The Kier molecular flexibility index (Phi) is 8.56. The van der Waals surface area contributed by atoms with E-state index in [0.717, 1.165) is 26.8 Å². The van der Waals surface area contributed by atoms with Gasteiger partial charge in [-0.3, -0.25) is 9.69 Å². The van der Waals surface area contributed by atoms with E-state index >= 15 is 0 Å². The van der Waals surface area contributed by atoms with Crippen molar-refractivity contribution in [3.63, 3.8) is 0 Å². The number of hydrogen-bond acceptors (Lipinski definition) is 6. The highest BCUT2D eigenvalue weighted by Gasteiger charge is 2.32. The van der Waals surface area contributed by atoms with Gasteiger partial charge in [-0.15, -0.1) is 11.8 Å². The molecule has 0 unspecified atom stereocenters. The number of rotatable bonds is 9. The van der Waals surface area contributed by atoms with Crippen molar-refractivity contribution in [1.82, 2.24) is 4.90 Å². The van der Waals surface area contributed by atoms with Gasteiger partial charge in [0.1, 0.15) is 4.32 Å². The number of carbonyl (C=O) groups excluding carboxylic acids is 1. The van der Waals surface area contributed by atoms with Crippen molar-refractivity contribution < 1.29 is 14.3 Å². The Hall–Kier alpha value is -2.45. The molecule has 1 aliphatic rings. The first-order valence-corrected chi connectivity index (χ1v) is 13.1. The van der Waals surface area contributed by atoms with Gasteiger partial charge in [0.15, 0.2) is 11.5 Å². The van der Waals surface area contributed by atoms with Crippen LogP contribution in [0.4, 0.5) is 0 Å². The lowest BCUT2D eigenvalue weighted by Crippen LogP contribution is -2.27. The van der Waals surface area contributed by atoms with Crippen LogP contribution >= 0.6 is 47.3 Å². The monoisotopic (exact) mass is 527 g/mol. The molecule has 0 atom stereocenters. The molecule has 0 radical (unpaired) electrons. The number of thioether (sulfide) groups is 2. The van der Waals surface area contributed by atoms with Crippen LogP contribution in [0.25, 0.3) is 6.08 Å². The van der Waals surface area contributed by atoms with E-state index < -0.39 is 0 Å². The third-order valence-corrected chi connectivity index (χ3v) is 7.57. The van der Waals surface area contributed by atoms with Gasteiger partial charge in [0.2, 0.25) is 0 Å². The van der Waals surface area contributed by atoms with E-state index in [9.17, 15) is 4.79 Å². The lowest BCUT2D eigenvalue weighted by Gasteiger charge is -2.14. The van der Waals surface area contributed by atoms with Gasteiger partial charge in [0.05, 0.1) is 25.2 Å². The molecule has 4 nitrogen and oxygen atoms in total. The second kappa shape index (κ2) is 11.8. The van der Waals surface area contributed by atoms with E-state index in [4.69, 9.17) is 33.3 Å². The molecule has 0 spiro atoms. The molecule has 1 amide bonds. The third-order valence-electron chi connectivity index (χ3n) is 4.97. The van der Waals surface area contributed by atoms with E-state index in [1.54, 1.807) is 23.8 Å². The molecule has 0 aliphatic carbocycles. The summed E-state index contributed by atoms with van der Waals surface area (Å²) in [6, 6.07) is 23.2. The van der Waals surface area contributed by atoms with Crippen LogP contribution in [0, 0.1) is 0 Å². The van der Waals surface area contributed by atoms with E-state index in [0.29, 0.717) is 33.9 Å². The van der Waals surface area contributed by atoms with Gasteiger partial charge in [0, 0.05) is 15.7 Å². The van der Waals surface area contributed by atoms with E-state index in [1.807, 2.05) is 78.9 Å². The molecule has 0 bridgehead atoms. The van der Waals surface area contributed by atoms with Gasteiger partial charge in [-0.25, -0.2) is 0 Å². The van der Waals surface area contributed by atoms with E-state index in [2.05, 4.69) is 0 Å². The first-order valence-electron chi connectivity index (χ1n) is 10.5. The minimum atomic E-state index is -0.0858. The molecule has 1 heterocycles. The van der Waals surface area contributed by atoms with Crippen LogP contribution < -0.4 is 9.47 Å². The highest BCUT2D eigenvalue weighted by molar-refractivity contribution is 8.26. The predicted molar refractivity (Wildman–Crippen MR) is 146 cm³/mol. The van der Waals surface area contributed by atoms with Gasteiger partial charge in [-0.05, 0) is 53.6 Å². The lowest BCUT2D eigenvalue weighted by molar-refractivity contribution is -0.122. The summed E-state index contributed by atoms with van der Waals surface area (Å²) >= 11 is 14.4. The molecule has 0 saturated carbocycles. The molecule has 1 saturated heterocycles. The van der Waals surface area contributed by atoms with Crippen LogP contribution in [-0.4, -0.2) is 34.6 Å². The largest absolute Gasteiger partial charge is 0.493 e. The van der Waals surface area contributed by atoms with Gasteiger partial charge >= 0.3 is 0 Å². The zero-order valence-corrected chi connectivity index (χ0v) is 21.6. The molecule has 3 aromatic rings. The summed E-state index contributed by atoms with van der Waals surface area (Å²) in [6.45, 7) is 0.994. The molecular weight excluding hydrogens is 506 g/mol. The number of carbonyl (C=O) groups is 1. The fraction of sp³-hybridized carbons (Fsp3) is 0.154. The molecule has 1 aliphatic heterocycles. The average molecular weight is 528 g/mol. The van der Waals surface area contributed by atoms with Gasteiger partial charge in [-0.2, -0.15) is 0 Å². The maximum atomic E-state index is 12.9. The summed E-state index contributed by atoms with van der Waals surface area (Å²) < 4.78 is 12.0. The number of amides is 1. The molecule has 34 heavy (non-hydrogen) atoms. The Morgan fingerprint density at radius 2 is 1.82 bits per heavy atom. The normalized spacial score (nSPS) is 14.6. The zero-order valence-electron chi connectivity index (χ0n) is 18.4. The summed E-state index contributed by atoms with van der Waals surface area (Å²) in [5, 5.41) is 0.726. The van der Waals surface area contributed by atoms with Crippen molar-refractivity contribution in [2.75, 3.05) is 19.5 Å². The third kappa shape index (κ3) is 6.36. The van der Waals surface area contributed by atoms with Gasteiger partial charge in [-0.1, -0.05) is 72.0 Å². The minimum absolute atomic E-state index is 0.0858. The van der Waals surface area contributed by atoms with Crippen molar-refractivity contribution in [3.8, 4) is 11.5 Å². The maximum Gasteiger partial charge on any atom is 0.266 e. The van der Waals surface area contributed by atoms with Crippen molar-refractivity contribution >= 4 is 63.6 Å². The fourth-order valence-corrected chi connectivity index (χ4v) is 5.40. The Morgan fingerprint density at radius 1 is 1.06 bits per heavy atom. The highest BCUT2D eigenvalue weighted by Crippen LogP contribution is 2.35. The topological polar surface area (TPSA) is 38.8 Å². The van der Waals surface area contributed by atoms with Crippen molar-refractivity contribution in [3.05, 3.63) is 93.9 Å². The highest BCUT2D eigenvalue weighted by atomic mass is 35.5. The van der Waals surface area contributed by atoms with Crippen LogP contribution in [0.5, 0.6) is 11.5 Å². The van der Waals surface area contributed by atoms with Crippen LogP contribution in [0.2, 0.25) is 5.02 Å². The molecule has 174 valence electrons. The molecule has 4 rings (SSSR count). The second-order valence-electron chi connectivity index (χ2n) is 7.31. The van der Waals surface area contributed by atoms with Gasteiger partial charge in [0.25, 0.3) is 5.91 Å². The fourth-order valence-electron chi connectivity index (χ4n) is 3.29. The average Bonchev–Trinajstić information content (AvgIpc) is 3.11. The molecule has 1 fully saturated rings. The number of methoxy groups -OCH3 is 1. The van der Waals surface area contributed by atoms with Crippen molar-refractivity contribution in [2.24, 2.45) is 0 Å². The molecule has 0 N–H and O–H groups in total. The maximum absolute atomic E-state index is 12.9. The number of ether oxygens (including phenoxy) is 2. The van der Waals surface area contributed by atoms with E-state index in [-0.39, 0.29) is 5.91 Å². The summed E-state index contributed by atoms with van der Waals surface area (Å²) in [5.74, 6) is 1.98. The van der Waals surface area contributed by atoms with Gasteiger partial charge < -0.3 is 9.47 Å². The summed E-state index contributed by atoms with van der Waals surface area (Å²) in [5.41, 5.74) is 1.89. The van der Waals surface area contributed by atoms with Crippen LogP contribution in [-0.2, 0) is 11.3 Å². The summed E-state index contributed by atoms with van der Waals surface area (Å²) in [4.78, 5) is 16.3. The minimum Gasteiger partial charge on any atom is -0.493 e. The quantitative estimate of drug-likeness (QED) is 0.130. The molecule has 0 aromatic heterocycles. The summed E-state index contributed by atoms with van der Waals surface area (Å²) in [7, 11) is 1.60. The zero-order chi connectivity index (χ0) is 23.9. The number of hydrogen-bond donors (Lipinski definition) is 0. The molecule has 3 aromatic carbocycles. The lowest BCUT2D eigenvalue weighted by atomic mass is 10.1. The Labute approximate surface area is 218 Å². The van der Waals surface area contributed by atoms with Crippen molar-refractivity contribution in [1.29, 1.82) is 0 Å². The summed E-state index contributed by atoms with van der Waals surface area (Å²) in [6.07, 6.45) is 1.84. The van der Waals surface area contributed by atoms with Crippen molar-refractivity contribution in [2.45, 2.75) is 11.4 Å². The SMILES string of the molecule is COc1cc(/C=C2\SC(=S)N(Cc3ccccc3)C2=O)ccc1OCCSc1ccc(Cl)cc1. The molecule has 8 heteroatoms. The van der Waals surface area contributed by atoms with Crippen LogP contribution in [0.1, 0.15) is 11.1 Å². The molecular formula is C26H22ClNO3S3. The first kappa shape index (κ1) is 24.7. The van der Waals surface area contributed by atoms with E-state index in [1.165, 1.54) is 11.8 Å². The Balaban J connectivity index is 1.38. The Bertz CT molecular complexity index is 1200. The van der Waals surface area contributed by atoms with Crippen LogP contribution in [0.3, 0.4) is 0 Å². The standard InChI is InChI=1S/C26H22ClNO3S3/c1-30-23-15-19(7-12-22(23)31-13-14-33-21-10-8-20(27)9-11-21)16-24-25(29)28(26(32)34-24)17-18-5-3-2-4-6-18/h2-12,15-16H,13-14,17H2,1H3/b24-16-. The number of thiocarbonyl (C=S) groups is 1. The number of nitrogens with zero attached hydrogens (tertiary/aromatic N) is 1. The predicted octanol–water partition coefficient (Wildman–Crippen LogP) is 6.92. The number of benzene rings is 3. The van der Waals surface area contributed by atoms with Crippen LogP contribution in [0.15, 0.2) is 82.6 Å². The number of halogens is 1. The smallest absolute Gasteiger partial charge is 0.266 e. The Morgan fingerprint density at radius 3 is 2.56 bits per heavy atom. The first-order chi connectivity index (χ1) is 16.5.